The number of anilines is 1. The van der Waals surface area contributed by atoms with Gasteiger partial charge in [-0.15, -0.1) is 0 Å². The summed E-state index contributed by atoms with van der Waals surface area (Å²) in [6, 6.07) is 13.3. The van der Waals surface area contributed by atoms with E-state index in [4.69, 9.17) is 14.0 Å². The number of sulfonamides is 1. The van der Waals surface area contributed by atoms with Crippen molar-refractivity contribution in [2.24, 2.45) is 0 Å². The van der Waals surface area contributed by atoms with Crippen LogP contribution in [0, 0.1) is 0 Å². The Balaban J connectivity index is 1.82. The molecule has 2 aromatic rings. The average Bonchev–Trinajstić information content (AvgIpc) is 2.82. The lowest BCUT2D eigenvalue weighted by atomic mass is 9.79. The standard InChI is InChI=1S/C19H24BNO5S/c1-18(2)19(3,4)26-20(25-18)14-7-6-8-15(13-14)21-27(22,23)17-11-9-16(24-5)10-12-17/h6-13,21H,1-5H3. The van der Waals surface area contributed by atoms with Gasteiger partial charge < -0.3 is 14.0 Å². The number of ether oxygens (including phenoxy) is 1. The Hall–Kier alpha value is -2.03. The quantitative estimate of drug-likeness (QED) is 0.797. The molecule has 1 fully saturated rings. The predicted molar refractivity (Wildman–Crippen MR) is 106 cm³/mol. The van der Waals surface area contributed by atoms with E-state index in [2.05, 4.69) is 4.72 Å². The number of hydrogen-bond donors (Lipinski definition) is 1. The van der Waals surface area contributed by atoms with Crippen LogP contribution in [0.4, 0.5) is 5.69 Å². The molecule has 0 bridgehead atoms. The highest BCUT2D eigenvalue weighted by molar-refractivity contribution is 7.92. The minimum atomic E-state index is -3.71. The number of methoxy groups -OCH3 is 1. The molecule has 1 aliphatic heterocycles. The lowest BCUT2D eigenvalue weighted by Crippen LogP contribution is -2.41. The fourth-order valence-corrected chi connectivity index (χ4v) is 3.75. The molecular formula is C19H24BNO5S. The zero-order valence-corrected chi connectivity index (χ0v) is 17.0. The monoisotopic (exact) mass is 389 g/mol. The van der Waals surface area contributed by atoms with Gasteiger partial charge in [0.05, 0.1) is 23.2 Å². The predicted octanol–water partition coefficient (Wildman–Crippen LogP) is 2.80. The molecule has 0 radical (unpaired) electrons. The maximum Gasteiger partial charge on any atom is 0.494 e. The molecule has 1 saturated heterocycles. The number of rotatable bonds is 5. The molecule has 1 N–H and O–H groups in total. The van der Waals surface area contributed by atoms with Crippen LogP contribution in [0.2, 0.25) is 0 Å². The molecule has 144 valence electrons. The van der Waals surface area contributed by atoms with Gasteiger partial charge in [0.1, 0.15) is 5.75 Å². The van der Waals surface area contributed by atoms with Crippen molar-refractivity contribution in [3.63, 3.8) is 0 Å². The Bertz CT molecular complexity index is 909. The molecule has 0 unspecified atom stereocenters. The number of benzene rings is 2. The van der Waals surface area contributed by atoms with Crippen LogP contribution in [0.3, 0.4) is 0 Å². The van der Waals surface area contributed by atoms with Crippen molar-refractivity contribution in [1.82, 2.24) is 0 Å². The van der Waals surface area contributed by atoms with E-state index in [9.17, 15) is 8.42 Å². The van der Waals surface area contributed by atoms with Gasteiger partial charge in [0.2, 0.25) is 0 Å². The molecule has 27 heavy (non-hydrogen) atoms. The summed E-state index contributed by atoms with van der Waals surface area (Å²) in [6.45, 7) is 7.90. The summed E-state index contributed by atoms with van der Waals surface area (Å²) >= 11 is 0. The molecule has 0 spiro atoms. The number of nitrogens with one attached hydrogen (secondary N) is 1. The smallest absolute Gasteiger partial charge is 0.494 e. The normalized spacial score (nSPS) is 18.3. The Morgan fingerprint density at radius 3 is 2.11 bits per heavy atom. The van der Waals surface area contributed by atoms with Crippen molar-refractivity contribution < 1.29 is 22.5 Å². The van der Waals surface area contributed by atoms with Gasteiger partial charge in [-0.2, -0.15) is 0 Å². The largest absolute Gasteiger partial charge is 0.497 e. The van der Waals surface area contributed by atoms with Crippen LogP contribution < -0.4 is 14.9 Å². The van der Waals surface area contributed by atoms with Gasteiger partial charge in [0, 0.05) is 5.69 Å². The molecule has 8 heteroatoms. The number of hydrogen-bond acceptors (Lipinski definition) is 5. The summed E-state index contributed by atoms with van der Waals surface area (Å²) in [7, 11) is -2.74. The first-order valence-electron chi connectivity index (χ1n) is 8.67. The summed E-state index contributed by atoms with van der Waals surface area (Å²) in [5.74, 6) is 0.594. The summed E-state index contributed by atoms with van der Waals surface area (Å²) in [6.07, 6.45) is 0. The van der Waals surface area contributed by atoms with Gasteiger partial charge in [-0.1, -0.05) is 12.1 Å². The van der Waals surface area contributed by atoms with Crippen LogP contribution in [0.5, 0.6) is 5.75 Å². The Morgan fingerprint density at radius 2 is 1.56 bits per heavy atom. The maximum atomic E-state index is 12.6. The molecule has 0 aromatic heterocycles. The van der Waals surface area contributed by atoms with Crippen LogP contribution in [0.1, 0.15) is 27.7 Å². The highest BCUT2D eigenvalue weighted by Crippen LogP contribution is 2.36. The summed E-state index contributed by atoms with van der Waals surface area (Å²) < 4.78 is 45.0. The first-order chi connectivity index (χ1) is 12.5. The first-order valence-corrected chi connectivity index (χ1v) is 10.1. The third kappa shape index (κ3) is 3.97. The van der Waals surface area contributed by atoms with Crippen LogP contribution in [-0.2, 0) is 19.3 Å². The van der Waals surface area contributed by atoms with Crippen molar-refractivity contribution in [1.29, 1.82) is 0 Å². The van der Waals surface area contributed by atoms with Crippen LogP contribution in [0.15, 0.2) is 53.4 Å². The highest BCUT2D eigenvalue weighted by Gasteiger charge is 2.51. The third-order valence-corrected chi connectivity index (χ3v) is 6.43. The van der Waals surface area contributed by atoms with Crippen molar-refractivity contribution in [2.75, 3.05) is 11.8 Å². The highest BCUT2D eigenvalue weighted by atomic mass is 32.2. The lowest BCUT2D eigenvalue weighted by molar-refractivity contribution is 0.00578. The molecule has 0 saturated carbocycles. The summed E-state index contributed by atoms with van der Waals surface area (Å²) in [4.78, 5) is 0.157. The molecule has 1 aliphatic rings. The summed E-state index contributed by atoms with van der Waals surface area (Å²) in [5.41, 5.74) is 0.272. The Morgan fingerprint density at radius 1 is 0.963 bits per heavy atom. The molecule has 0 aliphatic carbocycles. The third-order valence-electron chi connectivity index (χ3n) is 5.03. The van der Waals surface area contributed by atoms with E-state index in [-0.39, 0.29) is 4.90 Å². The van der Waals surface area contributed by atoms with Crippen molar-refractivity contribution in [3.05, 3.63) is 48.5 Å². The molecular weight excluding hydrogens is 365 g/mol. The van der Waals surface area contributed by atoms with Gasteiger partial charge in [-0.25, -0.2) is 8.42 Å². The minimum absolute atomic E-state index is 0.157. The zero-order valence-electron chi connectivity index (χ0n) is 16.1. The fourth-order valence-electron chi connectivity index (χ4n) is 2.70. The van der Waals surface area contributed by atoms with E-state index < -0.39 is 28.3 Å². The van der Waals surface area contributed by atoms with Crippen LogP contribution in [0.25, 0.3) is 0 Å². The van der Waals surface area contributed by atoms with Gasteiger partial charge in [-0.05, 0) is 69.6 Å². The molecule has 0 atom stereocenters. The van der Waals surface area contributed by atoms with E-state index >= 15 is 0 Å². The van der Waals surface area contributed by atoms with Crippen molar-refractivity contribution >= 4 is 28.3 Å². The Kier molecular flexibility index (Phi) is 5.01. The molecule has 6 nitrogen and oxygen atoms in total. The second kappa shape index (κ2) is 6.85. The molecule has 2 aromatic carbocycles. The van der Waals surface area contributed by atoms with Gasteiger partial charge in [-0.3, -0.25) is 4.72 Å². The topological polar surface area (TPSA) is 73.9 Å². The Labute approximate surface area is 161 Å². The SMILES string of the molecule is COc1ccc(S(=O)(=O)Nc2cccc(B3OC(C)(C)C(C)(C)O3)c2)cc1. The van der Waals surface area contributed by atoms with E-state index in [1.54, 1.807) is 30.3 Å². The summed E-state index contributed by atoms with van der Waals surface area (Å²) in [5, 5.41) is 0. The van der Waals surface area contributed by atoms with E-state index in [1.165, 1.54) is 19.2 Å². The second-order valence-corrected chi connectivity index (χ2v) is 9.18. The van der Waals surface area contributed by atoms with Gasteiger partial charge in [0.25, 0.3) is 10.0 Å². The second-order valence-electron chi connectivity index (χ2n) is 7.49. The van der Waals surface area contributed by atoms with Crippen LogP contribution >= 0.6 is 0 Å². The fraction of sp³-hybridized carbons (Fsp3) is 0.368. The van der Waals surface area contributed by atoms with E-state index in [0.29, 0.717) is 11.4 Å². The molecule has 0 amide bonds. The molecule has 3 rings (SSSR count). The van der Waals surface area contributed by atoms with Crippen molar-refractivity contribution in [3.8, 4) is 5.75 Å². The zero-order chi connectivity index (χ0) is 19.9. The average molecular weight is 389 g/mol. The van der Waals surface area contributed by atoms with Crippen LogP contribution in [-0.4, -0.2) is 33.8 Å². The van der Waals surface area contributed by atoms with E-state index in [1.807, 2.05) is 33.8 Å². The maximum absolute atomic E-state index is 12.6. The minimum Gasteiger partial charge on any atom is -0.497 e. The van der Waals surface area contributed by atoms with Crippen molar-refractivity contribution in [2.45, 2.75) is 43.8 Å². The lowest BCUT2D eigenvalue weighted by Gasteiger charge is -2.32. The first kappa shape index (κ1) is 19.7. The van der Waals surface area contributed by atoms with E-state index in [0.717, 1.165) is 5.46 Å². The molecule has 1 heterocycles. The van der Waals surface area contributed by atoms with Gasteiger partial charge in [0.15, 0.2) is 0 Å². The van der Waals surface area contributed by atoms with Gasteiger partial charge >= 0.3 is 7.12 Å².